The summed E-state index contributed by atoms with van der Waals surface area (Å²) in [6.07, 6.45) is -1.60. The number of rotatable bonds is 1. The highest BCUT2D eigenvalue weighted by molar-refractivity contribution is 5.01. The minimum absolute atomic E-state index is 0.165. The van der Waals surface area contributed by atoms with E-state index in [1.165, 1.54) is 0 Å². The van der Waals surface area contributed by atoms with E-state index in [4.69, 9.17) is 14.2 Å². The lowest BCUT2D eigenvalue weighted by atomic mass is 10.0. The maximum Gasteiger partial charge on any atom is 0.184 e. The second-order valence-electron chi connectivity index (χ2n) is 3.96. The summed E-state index contributed by atoms with van der Waals surface area (Å²) in [5.74, 6) is -0.766. The second-order valence-corrected chi connectivity index (χ2v) is 3.96. The summed E-state index contributed by atoms with van der Waals surface area (Å²) in [6.45, 7) is 3.45. The van der Waals surface area contributed by atoms with E-state index in [9.17, 15) is 10.2 Å². The van der Waals surface area contributed by atoms with Crippen LogP contribution in [0.15, 0.2) is 0 Å². The van der Waals surface area contributed by atoms with Crippen molar-refractivity contribution in [3.05, 3.63) is 0 Å². The molecule has 0 aromatic carbocycles. The standard InChI is InChI=1S/C8H14O5/c1-7(2)12-5-6(10)11-4-8(5,3-9)13-7/h5-6,9-10H,3-4H2,1-2H3/t5-,6+,8+/m1/s1. The first-order valence-corrected chi connectivity index (χ1v) is 4.28. The molecule has 2 N–H and O–H groups in total. The Bertz CT molecular complexity index is 217. The fourth-order valence-corrected chi connectivity index (χ4v) is 1.90. The zero-order chi connectivity index (χ0) is 9.69. The quantitative estimate of drug-likeness (QED) is 0.567. The van der Waals surface area contributed by atoms with Crippen molar-refractivity contribution in [2.45, 2.75) is 37.6 Å². The number of fused-ring (bicyclic) bond motifs is 1. The fraction of sp³-hybridized carbons (Fsp3) is 1.00. The molecule has 5 nitrogen and oxygen atoms in total. The van der Waals surface area contributed by atoms with Crippen molar-refractivity contribution in [3.63, 3.8) is 0 Å². The lowest BCUT2D eigenvalue weighted by Gasteiger charge is -2.23. The molecule has 2 aliphatic heterocycles. The third kappa shape index (κ3) is 1.28. The van der Waals surface area contributed by atoms with E-state index in [1.54, 1.807) is 13.8 Å². The normalized spacial score (nSPS) is 48.0. The molecule has 5 heteroatoms. The van der Waals surface area contributed by atoms with Gasteiger partial charge in [0.15, 0.2) is 12.1 Å². The topological polar surface area (TPSA) is 68.2 Å². The van der Waals surface area contributed by atoms with E-state index in [-0.39, 0.29) is 13.2 Å². The van der Waals surface area contributed by atoms with Gasteiger partial charge in [-0.2, -0.15) is 0 Å². The highest BCUT2D eigenvalue weighted by Gasteiger charge is 2.60. The minimum atomic E-state index is -1.01. The Hall–Kier alpha value is -0.200. The second kappa shape index (κ2) is 2.65. The molecule has 0 radical (unpaired) electrons. The molecule has 0 spiro atoms. The van der Waals surface area contributed by atoms with E-state index in [2.05, 4.69) is 0 Å². The van der Waals surface area contributed by atoms with Crippen LogP contribution in [0.25, 0.3) is 0 Å². The van der Waals surface area contributed by atoms with Crippen LogP contribution >= 0.6 is 0 Å². The summed E-state index contributed by atoms with van der Waals surface area (Å²) >= 11 is 0. The Morgan fingerprint density at radius 2 is 2.15 bits per heavy atom. The molecule has 2 aliphatic rings. The fourth-order valence-electron chi connectivity index (χ4n) is 1.90. The molecular weight excluding hydrogens is 176 g/mol. The van der Waals surface area contributed by atoms with Gasteiger partial charge in [-0.05, 0) is 13.8 Å². The Labute approximate surface area is 76.2 Å². The molecule has 13 heavy (non-hydrogen) atoms. The largest absolute Gasteiger partial charge is 0.393 e. The molecule has 0 unspecified atom stereocenters. The Kier molecular flexibility index (Phi) is 1.91. The summed E-state index contributed by atoms with van der Waals surface area (Å²) in [4.78, 5) is 0. The molecule has 0 aromatic rings. The van der Waals surface area contributed by atoms with Crippen LogP contribution in [0, 0.1) is 0 Å². The third-order valence-corrected chi connectivity index (χ3v) is 2.40. The number of hydrogen-bond donors (Lipinski definition) is 2. The summed E-state index contributed by atoms with van der Waals surface area (Å²) in [7, 11) is 0. The molecule has 76 valence electrons. The first kappa shape index (κ1) is 9.36. The van der Waals surface area contributed by atoms with Gasteiger partial charge in [-0.1, -0.05) is 0 Å². The van der Waals surface area contributed by atoms with Crippen LogP contribution < -0.4 is 0 Å². The monoisotopic (exact) mass is 190 g/mol. The van der Waals surface area contributed by atoms with Crippen molar-refractivity contribution in [1.82, 2.24) is 0 Å². The van der Waals surface area contributed by atoms with Crippen molar-refractivity contribution < 1.29 is 24.4 Å². The number of aliphatic hydroxyl groups is 2. The summed E-state index contributed by atoms with van der Waals surface area (Å²) in [5.41, 5.74) is -0.886. The van der Waals surface area contributed by atoms with Gasteiger partial charge < -0.3 is 24.4 Å². The van der Waals surface area contributed by atoms with Crippen molar-refractivity contribution in [1.29, 1.82) is 0 Å². The molecule has 0 amide bonds. The Balaban J connectivity index is 2.24. The molecule has 2 heterocycles. The van der Waals surface area contributed by atoms with E-state index in [0.717, 1.165) is 0 Å². The van der Waals surface area contributed by atoms with Crippen LogP contribution in [0.5, 0.6) is 0 Å². The molecule has 0 bridgehead atoms. The van der Waals surface area contributed by atoms with Gasteiger partial charge in [0.25, 0.3) is 0 Å². The molecule has 2 saturated heterocycles. The summed E-state index contributed by atoms with van der Waals surface area (Å²) < 4.78 is 15.9. The third-order valence-electron chi connectivity index (χ3n) is 2.40. The van der Waals surface area contributed by atoms with Gasteiger partial charge in [0.05, 0.1) is 13.2 Å². The van der Waals surface area contributed by atoms with Crippen molar-refractivity contribution >= 4 is 0 Å². The average molecular weight is 190 g/mol. The molecule has 3 atom stereocenters. The van der Waals surface area contributed by atoms with Crippen LogP contribution in [0.3, 0.4) is 0 Å². The van der Waals surface area contributed by atoms with E-state index < -0.39 is 23.8 Å². The van der Waals surface area contributed by atoms with Gasteiger partial charge in [-0.3, -0.25) is 0 Å². The maximum atomic E-state index is 9.39. The first-order valence-electron chi connectivity index (χ1n) is 4.28. The summed E-state index contributed by atoms with van der Waals surface area (Å²) in [5, 5.41) is 18.6. The molecule has 0 saturated carbocycles. The zero-order valence-corrected chi connectivity index (χ0v) is 7.69. The van der Waals surface area contributed by atoms with Crippen molar-refractivity contribution in [2.24, 2.45) is 0 Å². The van der Waals surface area contributed by atoms with E-state index in [1.807, 2.05) is 0 Å². The predicted molar refractivity (Wildman–Crippen MR) is 41.8 cm³/mol. The molecule has 0 aromatic heterocycles. The van der Waals surface area contributed by atoms with Crippen LogP contribution in [0.2, 0.25) is 0 Å². The average Bonchev–Trinajstić information content (AvgIpc) is 2.47. The van der Waals surface area contributed by atoms with Gasteiger partial charge in [-0.15, -0.1) is 0 Å². The van der Waals surface area contributed by atoms with Crippen LogP contribution in [0.1, 0.15) is 13.8 Å². The Morgan fingerprint density at radius 3 is 2.69 bits per heavy atom. The van der Waals surface area contributed by atoms with E-state index >= 15 is 0 Å². The molecule has 0 aliphatic carbocycles. The number of hydrogen-bond acceptors (Lipinski definition) is 5. The van der Waals surface area contributed by atoms with Gasteiger partial charge in [0.1, 0.15) is 11.7 Å². The van der Waals surface area contributed by atoms with Gasteiger partial charge >= 0.3 is 0 Å². The lowest BCUT2D eigenvalue weighted by Crippen LogP contribution is -2.44. The number of aliphatic hydroxyl groups excluding tert-OH is 2. The van der Waals surface area contributed by atoms with Crippen molar-refractivity contribution in [2.75, 3.05) is 13.2 Å². The minimum Gasteiger partial charge on any atom is -0.393 e. The lowest BCUT2D eigenvalue weighted by molar-refractivity contribution is -0.216. The number of ether oxygens (including phenoxy) is 3. The van der Waals surface area contributed by atoms with Gasteiger partial charge in [0, 0.05) is 0 Å². The first-order chi connectivity index (χ1) is 5.99. The molecule has 2 rings (SSSR count). The molecule has 2 fully saturated rings. The van der Waals surface area contributed by atoms with Gasteiger partial charge in [0.2, 0.25) is 0 Å². The maximum absolute atomic E-state index is 9.39. The summed E-state index contributed by atoms with van der Waals surface area (Å²) in [6, 6.07) is 0. The SMILES string of the molecule is CC1(C)O[C@@H]2[C@@H](O)OC[C@]2(CO)O1. The van der Waals surface area contributed by atoms with Gasteiger partial charge in [-0.25, -0.2) is 0 Å². The molecular formula is C8H14O5. The van der Waals surface area contributed by atoms with Crippen LogP contribution in [0.4, 0.5) is 0 Å². The zero-order valence-electron chi connectivity index (χ0n) is 7.69. The van der Waals surface area contributed by atoms with E-state index in [0.29, 0.717) is 0 Å². The van der Waals surface area contributed by atoms with Crippen LogP contribution in [-0.2, 0) is 14.2 Å². The van der Waals surface area contributed by atoms with Crippen molar-refractivity contribution in [3.8, 4) is 0 Å². The smallest absolute Gasteiger partial charge is 0.184 e. The van der Waals surface area contributed by atoms with Crippen LogP contribution in [-0.4, -0.2) is 47.2 Å². The Morgan fingerprint density at radius 1 is 1.46 bits per heavy atom. The highest BCUT2D eigenvalue weighted by atomic mass is 16.8. The predicted octanol–water partition coefficient (Wildman–Crippen LogP) is -0.782. The highest BCUT2D eigenvalue weighted by Crippen LogP contribution is 2.42.